The first-order valence-electron chi connectivity index (χ1n) is 6.68. The van der Waals surface area contributed by atoms with Crippen molar-refractivity contribution < 1.29 is 4.79 Å². The van der Waals surface area contributed by atoms with E-state index in [1.807, 2.05) is 20.8 Å². The molecule has 1 saturated heterocycles. The molecule has 1 aromatic rings. The Kier molecular flexibility index (Phi) is 3.87. The van der Waals surface area contributed by atoms with Gasteiger partial charge in [-0.25, -0.2) is 4.68 Å². The first-order valence-corrected chi connectivity index (χ1v) is 6.68. The van der Waals surface area contributed by atoms with Crippen molar-refractivity contribution in [3.8, 4) is 6.07 Å². The molecule has 8 heteroatoms. The number of amides is 1. The van der Waals surface area contributed by atoms with Crippen LogP contribution in [0.5, 0.6) is 0 Å². The summed E-state index contributed by atoms with van der Waals surface area (Å²) < 4.78 is 1.69. The van der Waals surface area contributed by atoms with E-state index in [1.54, 1.807) is 9.58 Å². The van der Waals surface area contributed by atoms with Crippen LogP contribution in [0.2, 0.25) is 0 Å². The van der Waals surface area contributed by atoms with Gasteiger partial charge in [0.25, 0.3) is 0 Å². The van der Waals surface area contributed by atoms with E-state index in [4.69, 9.17) is 5.53 Å². The van der Waals surface area contributed by atoms with Crippen LogP contribution >= 0.6 is 0 Å². The number of hydrogen-bond donors (Lipinski definition) is 0. The summed E-state index contributed by atoms with van der Waals surface area (Å²) in [6.45, 7) is 6.60. The van der Waals surface area contributed by atoms with Crippen LogP contribution in [0.15, 0.2) is 11.3 Å². The molecule has 1 amide bonds. The van der Waals surface area contributed by atoms with Crippen molar-refractivity contribution in [2.24, 2.45) is 11.0 Å². The molecule has 0 radical (unpaired) electrons. The molecule has 0 bridgehead atoms. The molecular weight excluding hydrogens is 270 g/mol. The van der Waals surface area contributed by atoms with Gasteiger partial charge in [0.1, 0.15) is 11.6 Å². The molecule has 8 nitrogen and oxygen atoms in total. The number of nitrogens with zero attached hydrogens (tertiary/aromatic N) is 7. The molecule has 1 fully saturated rings. The zero-order valence-electron chi connectivity index (χ0n) is 12.3. The summed E-state index contributed by atoms with van der Waals surface area (Å²) in [6.07, 6.45) is 1.80. The average molecular weight is 287 g/mol. The third-order valence-corrected chi connectivity index (χ3v) is 3.36. The number of nitriles is 1. The molecule has 2 heterocycles. The minimum absolute atomic E-state index is 0.0248. The lowest BCUT2D eigenvalue weighted by atomic mass is 10.1. The zero-order valence-corrected chi connectivity index (χ0v) is 12.3. The van der Waals surface area contributed by atoms with Crippen molar-refractivity contribution in [1.29, 1.82) is 5.26 Å². The van der Waals surface area contributed by atoms with E-state index < -0.39 is 0 Å². The number of anilines is 1. The van der Waals surface area contributed by atoms with Crippen molar-refractivity contribution in [2.75, 3.05) is 18.0 Å². The van der Waals surface area contributed by atoms with Crippen molar-refractivity contribution >= 4 is 11.7 Å². The maximum absolute atomic E-state index is 12.2. The van der Waals surface area contributed by atoms with Crippen LogP contribution in [0.1, 0.15) is 32.8 Å². The molecule has 0 saturated carbocycles. The Hall–Kier alpha value is -2.52. The number of aromatic nitrogens is 2. The Morgan fingerprint density at radius 2 is 2.33 bits per heavy atom. The molecule has 110 valence electrons. The van der Waals surface area contributed by atoms with Gasteiger partial charge in [-0.15, -0.1) is 0 Å². The van der Waals surface area contributed by atoms with E-state index in [9.17, 15) is 10.1 Å². The van der Waals surface area contributed by atoms with E-state index in [-0.39, 0.29) is 23.9 Å². The second-order valence-corrected chi connectivity index (χ2v) is 6.06. The Bertz CT molecular complexity index is 642. The number of carbonyl (C=O) groups is 1. The van der Waals surface area contributed by atoms with Gasteiger partial charge in [-0.05, 0) is 32.2 Å². The summed E-state index contributed by atoms with van der Waals surface area (Å²) in [7, 11) is 0. The Balaban J connectivity index is 2.38. The average Bonchev–Trinajstić information content (AvgIpc) is 2.98. The maximum Gasteiger partial charge on any atom is 0.228 e. The SMILES string of the molecule is CC(C)(C)n1ncc(C#N)c1N1CC(CN=[N+]=[N-])CC1=O. The summed E-state index contributed by atoms with van der Waals surface area (Å²) in [5.74, 6) is 0.428. The summed E-state index contributed by atoms with van der Waals surface area (Å²) in [6, 6.07) is 2.08. The predicted octanol–water partition coefficient (Wildman–Crippen LogP) is 2.17. The predicted molar refractivity (Wildman–Crippen MR) is 76.4 cm³/mol. The molecule has 2 rings (SSSR count). The quantitative estimate of drug-likeness (QED) is 0.482. The van der Waals surface area contributed by atoms with E-state index >= 15 is 0 Å². The summed E-state index contributed by atoms with van der Waals surface area (Å²) in [5.41, 5.74) is 8.42. The standard InChI is InChI=1S/C13H17N7O/c1-13(2,3)20-12(10(5-14)7-17-20)19-8-9(4-11(19)21)6-16-18-15/h7,9H,4,6,8H2,1-3H3. The highest BCUT2D eigenvalue weighted by atomic mass is 16.2. The van der Waals surface area contributed by atoms with Crippen LogP contribution < -0.4 is 4.90 Å². The van der Waals surface area contributed by atoms with Gasteiger partial charge in [0, 0.05) is 24.4 Å². The van der Waals surface area contributed by atoms with Crippen molar-refractivity contribution in [3.63, 3.8) is 0 Å². The van der Waals surface area contributed by atoms with Gasteiger partial charge in [0.15, 0.2) is 5.82 Å². The molecule has 1 aromatic heterocycles. The van der Waals surface area contributed by atoms with E-state index in [0.717, 1.165) is 0 Å². The zero-order chi connectivity index (χ0) is 15.6. The second kappa shape index (κ2) is 5.46. The molecule has 0 aliphatic carbocycles. The van der Waals surface area contributed by atoms with Gasteiger partial charge in [-0.1, -0.05) is 5.11 Å². The normalized spacial score (nSPS) is 18.5. The lowest BCUT2D eigenvalue weighted by Gasteiger charge is -2.26. The van der Waals surface area contributed by atoms with Gasteiger partial charge in [-0.2, -0.15) is 10.4 Å². The first kappa shape index (κ1) is 14.9. The highest BCUT2D eigenvalue weighted by Crippen LogP contribution is 2.31. The Morgan fingerprint density at radius 3 is 2.90 bits per heavy atom. The van der Waals surface area contributed by atoms with Gasteiger partial charge < -0.3 is 0 Å². The van der Waals surface area contributed by atoms with Gasteiger partial charge in [-0.3, -0.25) is 9.69 Å². The van der Waals surface area contributed by atoms with Crippen LogP contribution in [-0.4, -0.2) is 28.8 Å². The third kappa shape index (κ3) is 2.83. The second-order valence-electron chi connectivity index (χ2n) is 6.06. The van der Waals surface area contributed by atoms with E-state index in [1.165, 1.54) is 6.20 Å². The molecule has 0 spiro atoms. The van der Waals surface area contributed by atoms with Crippen LogP contribution in [-0.2, 0) is 10.3 Å². The molecular formula is C13H17N7O. The molecule has 1 unspecified atom stereocenters. The maximum atomic E-state index is 12.2. The number of azide groups is 1. The lowest BCUT2D eigenvalue weighted by Crippen LogP contribution is -2.33. The van der Waals surface area contributed by atoms with E-state index in [0.29, 0.717) is 24.3 Å². The summed E-state index contributed by atoms with van der Waals surface area (Å²) >= 11 is 0. The molecule has 0 N–H and O–H groups in total. The Labute approximate surface area is 122 Å². The molecule has 1 aliphatic rings. The number of carbonyl (C=O) groups excluding carboxylic acids is 1. The minimum atomic E-state index is -0.340. The molecule has 1 aliphatic heterocycles. The Morgan fingerprint density at radius 1 is 1.62 bits per heavy atom. The summed E-state index contributed by atoms with van der Waals surface area (Å²) in [5, 5.41) is 17.0. The summed E-state index contributed by atoms with van der Waals surface area (Å²) in [4.78, 5) is 16.5. The largest absolute Gasteiger partial charge is 0.296 e. The first-order chi connectivity index (χ1) is 9.88. The fraction of sp³-hybridized carbons (Fsp3) is 0.615. The number of hydrogen-bond acceptors (Lipinski definition) is 4. The smallest absolute Gasteiger partial charge is 0.228 e. The van der Waals surface area contributed by atoms with Crippen molar-refractivity contribution in [1.82, 2.24) is 9.78 Å². The molecule has 1 atom stereocenters. The van der Waals surface area contributed by atoms with E-state index in [2.05, 4.69) is 21.2 Å². The van der Waals surface area contributed by atoms with Crippen LogP contribution in [0.4, 0.5) is 5.82 Å². The monoisotopic (exact) mass is 287 g/mol. The van der Waals surface area contributed by atoms with Crippen LogP contribution in [0, 0.1) is 17.2 Å². The van der Waals surface area contributed by atoms with Crippen molar-refractivity contribution in [2.45, 2.75) is 32.7 Å². The van der Waals surface area contributed by atoms with Crippen LogP contribution in [0.25, 0.3) is 10.4 Å². The molecule has 0 aromatic carbocycles. The fourth-order valence-electron chi connectivity index (χ4n) is 2.43. The topological polar surface area (TPSA) is 111 Å². The third-order valence-electron chi connectivity index (χ3n) is 3.36. The van der Waals surface area contributed by atoms with Gasteiger partial charge in [0.2, 0.25) is 5.91 Å². The minimum Gasteiger partial charge on any atom is -0.296 e. The van der Waals surface area contributed by atoms with Crippen LogP contribution in [0.3, 0.4) is 0 Å². The fourth-order valence-corrected chi connectivity index (χ4v) is 2.43. The lowest BCUT2D eigenvalue weighted by molar-refractivity contribution is -0.117. The molecule has 21 heavy (non-hydrogen) atoms. The number of rotatable bonds is 3. The van der Waals surface area contributed by atoms with Gasteiger partial charge >= 0.3 is 0 Å². The van der Waals surface area contributed by atoms with Gasteiger partial charge in [0.05, 0.1) is 11.7 Å². The highest BCUT2D eigenvalue weighted by molar-refractivity contribution is 5.96. The highest BCUT2D eigenvalue weighted by Gasteiger charge is 2.35. The van der Waals surface area contributed by atoms with Crippen molar-refractivity contribution in [3.05, 3.63) is 22.2 Å².